The summed E-state index contributed by atoms with van der Waals surface area (Å²) in [6.45, 7) is 7.05. The first-order valence-corrected chi connectivity index (χ1v) is 9.17. The van der Waals surface area contributed by atoms with Gasteiger partial charge in [-0.3, -0.25) is 0 Å². The zero-order valence-corrected chi connectivity index (χ0v) is 15.5. The lowest BCUT2D eigenvalue weighted by Crippen LogP contribution is -2.18. The Bertz CT molecular complexity index is 812. The van der Waals surface area contributed by atoms with Crippen LogP contribution in [0.15, 0.2) is 40.3 Å². The molecule has 1 aromatic carbocycles. The van der Waals surface area contributed by atoms with Gasteiger partial charge in [0.05, 0.1) is 16.4 Å². The molecule has 1 N–H and O–H groups in total. The number of rotatable bonds is 6. The molecule has 0 fully saturated rings. The Labute approximate surface area is 150 Å². The number of aromatic nitrogens is 2. The van der Waals surface area contributed by atoms with Crippen molar-refractivity contribution in [3.8, 4) is 11.5 Å². The predicted octanol–water partition coefficient (Wildman–Crippen LogP) is 5.43. The fourth-order valence-corrected chi connectivity index (χ4v) is 3.39. The van der Waals surface area contributed by atoms with Crippen LogP contribution >= 0.6 is 22.9 Å². The fourth-order valence-electron chi connectivity index (χ4n) is 2.27. The van der Waals surface area contributed by atoms with Gasteiger partial charge in [0.25, 0.3) is 0 Å². The van der Waals surface area contributed by atoms with Gasteiger partial charge in [0.1, 0.15) is 6.26 Å². The molecule has 0 spiro atoms. The smallest absolute Gasteiger partial charge is 0.226 e. The van der Waals surface area contributed by atoms with E-state index < -0.39 is 0 Å². The van der Waals surface area contributed by atoms with Crippen LogP contribution in [0.4, 0.5) is 0 Å². The lowest BCUT2D eigenvalue weighted by molar-refractivity contribution is 0.546. The van der Waals surface area contributed by atoms with Crippen LogP contribution in [0.5, 0.6) is 0 Å². The van der Waals surface area contributed by atoms with Crippen molar-refractivity contribution in [3.63, 3.8) is 0 Å². The third-order valence-electron chi connectivity index (χ3n) is 3.69. The maximum atomic E-state index is 6.01. The van der Waals surface area contributed by atoms with Gasteiger partial charge in [0.2, 0.25) is 5.89 Å². The van der Waals surface area contributed by atoms with Crippen LogP contribution in [0.25, 0.3) is 11.5 Å². The molecule has 0 radical (unpaired) electrons. The van der Waals surface area contributed by atoms with Crippen LogP contribution in [0.2, 0.25) is 5.02 Å². The number of benzene rings is 1. The monoisotopic (exact) mass is 361 g/mol. The normalized spacial score (nSPS) is 12.7. The summed E-state index contributed by atoms with van der Waals surface area (Å²) in [6.07, 6.45) is 1.68. The van der Waals surface area contributed by atoms with Gasteiger partial charge in [0, 0.05) is 34.5 Å². The first kappa shape index (κ1) is 17.1. The molecule has 4 nitrogen and oxygen atoms in total. The minimum Gasteiger partial charge on any atom is -0.444 e. The van der Waals surface area contributed by atoms with Gasteiger partial charge in [-0.1, -0.05) is 31.5 Å². The zero-order chi connectivity index (χ0) is 17.1. The van der Waals surface area contributed by atoms with E-state index >= 15 is 0 Å². The van der Waals surface area contributed by atoms with E-state index in [0.29, 0.717) is 23.4 Å². The van der Waals surface area contributed by atoms with Crippen LogP contribution < -0.4 is 5.32 Å². The standard InChI is InChI=1S/C18H20ClN3OS/c1-11(2)18-22-16(10-24-18)12(3)20-8-15-9-23-17(21-15)13-5-4-6-14(19)7-13/h4-7,9-12,20H,8H2,1-3H3/t12-/m0/s1. The Morgan fingerprint density at radius 1 is 1.25 bits per heavy atom. The molecule has 0 aliphatic heterocycles. The van der Waals surface area contributed by atoms with E-state index in [1.54, 1.807) is 17.6 Å². The minimum absolute atomic E-state index is 0.167. The van der Waals surface area contributed by atoms with Crippen LogP contribution in [0, 0.1) is 0 Å². The second-order valence-electron chi connectivity index (χ2n) is 6.02. The summed E-state index contributed by atoms with van der Waals surface area (Å²) in [7, 11) is 0. The molecule has 0 saturated heterocycles. The van der Waals surface area contributed by atoms with Crippen molar-refractivity contribution < 1.29 is 4.42 Å². The molecule has 2 aromatic heterocycles. The van der Waals surface area contributed by atoms with Gasteiger partial charge in [-0.05, 0) is 25.1 Å². The Morgan fingerprint density at radius 2 is 2.08 bits per heavy atom. The second kappa shape index (κ2) is 7.47. The molecule has 0 unspecified atom stereocenters. The number of nitrogens with one attached hydrogen (secondary N) is 1. The van der Waals surface area contributed by atoms with Crippen molar-refractivity contribution in [2.24, 2.45) is 0 Å². The zero-order valence-electron chi connectivity index (χ0n) is 13.9. The maximum absolute atomic E-state index is 6.01. The number of nitrogens with zero attached hydrogens (tertiary/aromatic N) is 2. The van der Waals surface area contributed by atoms with E-state index in [0.717, 1.165) is 17.0 Å². The Kier molecular flexibility index (Phi) is 5.33. The maximum Gasteiger partial charge on any atom is 0.226 e. The summed E-state index contributed by atoms with van der Waals surface area (Å²) in [4.78, 5) is 9.20. The molecule has 126 valence electrons. The van der Waals surface area contributed by atoms with Gasteiger partial charge in [-0.25, -0.2) is 9.97 Å². The highest BCUT2D eigenvalue weighted by Gasteiger charge is 2.13. The van der Waals surface area contributed by atoms with E-state index in [-0.39, 0.29) is 6.04 Å². The van der Waals surface area contributed by atoms with Crippen molar-refractivity contribution in [1.82, 2.24) is 15.3 Å². The summed E-state index contributed by atoms with van der Waals surface area (Å²) in [5.41, 5.74) is 2.81. The summed E-state index contributed by atoms with van der Waals surface area (Å²) in [5, 5.41) is 7.40. The van der Waals surface area contributed by atoms with Gasteiger partial charge in [-0.2, -0.15) is 0 Å². The third kappa shape index (κ3) is 4.04. The first-order chi connectivity index (χ1) is 11.5. The molecule has 0 bridgehead atoms. The molecular formula is C18H20ClN3OS. The SMILES string of the molecule is CC(C)c1nc([C@H](C)NCc2coc(-c3cccc(Cl)c3)n2)cs1. The van der Waals surface area contributed by atoms with Crippen LogP contribution in [-0.2, 0) is 6.54 Å². The summed E-state index contributed by atoms with van der Waals surface area (Å²) < 4.78 is 5.56. The van der Waals surface area contributed by atoms with Crippen LogP contribution in [-0.4, -0.2) is 9.97 Å². The summed E-state index contributed by atoms with van der Waals surface area (Å²) in [6, 6.07) is 7.66. The Hall–Kier alpha value is -1.69. The summed E-state index contributed by atoms with van der Waals surface area (Å²) >= 11 is 7.72. The number of oxazole rings is 1. The van der Waals surface area contributed by atoms with Gasteiger partial charge >= 0.3 is 0 Å². The van der Waals surface area contributed by atoms with Gasteiger partial charge in [-0.15, -0.1) is 11.3 Å². The molecule has 24 heavy (non-hydrogen) atoms. The number of halogens is 1. The second-order valence-corrected chi connectivity index (χ2v) is 7.35. The topological polar surface area (TPSA) is 51.0 Å². The average Bonchev–Trinajstić information content (AvgIpc) is 3.22. The highest BCUT2D eigenvalue weighted by molar-refractivity contribution is 7.09. The Morgan fingerprint density at radius 3 is 2.79 bits per heavy atom. The van der Waals surface area contributed by atoms with E-state index in [2.05, 4.69) is 41.4 Å². The molecule has 0 aliphatic rings. The van der Waals surface area contributed by atoms with Crippen LogP contribution in [0.1, 0.15) is 49.1 Å². The van der Waals surface area contributed by atoms with Crippen molar-refractivity contribution in [2.75, 3.05) is 0 Å². The van der Waals surface area contributed by atoms with Gasteiger partial charge in [0.15, 0.2) is 0 Å². The van der Waals surface area contributed by atoms with E-state index in [9.17, 15) is 0 Å². The highest BCUT2D eigenvalue weighted by atomic mass is 35.5. The quantitative estimate of drug-likeness (QED) is 0.636. The molecule has 6 heteroatoms. The van der Waals surface area contributed by atoms with E-state index in [1.165, 1.54) is 5.01 Å². The largest absolute Gasteiger partial charge is 0.444 e. The molecule has 0 amide bonds. The van der Waals surface area contributed by atoms with E-state index in [4.69, 9.17) is 16.0 Å². The summed E-state index contributed by atoms with van der Waals surface area (Å²) in [5.74, 6) is 1.05. The highest BCUT2D eigenvalue weighted by Crippen LogP contribution is 2.24. The first-order valence-electron chi connectivity index (χ1n) is 7.92. The van der Waals surface area contributed by atoms with E-state index in [1.807, 2.05) is 24.3 Å². The third-order valence-corrected chi connectivity index (χ3v) is 5.09. The molecule has 0 saturated carbocycles. The molecular weight excluding hydrogens is 342 g/mol. The molecule has 2 heterocycles. The van der Waals surface area contributed by atoms with Crippen LogP contribution in [0.3, 0.4) is 0 Å². The Balaban J connectivity index is 1.62. The molecule has 3 aromatic rings. The minimum atomic E-state index is 0.167. The van der Waals surface area contributed by atoms with Crippen molar-refractivity contribution in [3.05, 3.63) is 57.3 Å². The van der Waals surface area contributed by atoms with Gasteiger partial charge < -0.3 is 9.73 Å². The average molecular weight is 362 g/mol. The molecule has 3 rings (SSSR count). The predicted molar refractivity (Wildman–Crippen MR) is 98.4 cm³/mol. The lowest BCUT2D eigenvalue weighted by atomic mass is 10.2. The number of hydrogen-bond acceptors (Lipinski definition) is 5. The molecule has 0 aliphatic carbocycles. The van der Waals surface area contributed by atoms with Crippen molar-refractivity contribution in [2.45, 2.75) is 39.3 Å². The van der Waals surface area contributed by atoms with Crippen molar-refractivity contribution >= 4 is 22.9 Å². The number of thiazole rings is 1. The fraction of sp³-hybridized carbons (Fsp3) is 0.333. The van der Waals surface area contributed by atoms with Crippen molar-refractivity contribution in [1.29, 1.82) is 0 Å². The number of hydrogen-bond donors (Lipinski definition) is 1. The molecule has 1 atom stereocenters. The lowest BCUT2D eigenvalue weighted by Gasteiger charge is -2.09.